The lowest BCUT2D eigenvalue weighted by molar-refractivity contribution is 0.598. The lowest BCUT2D eigenvalue weighted by atomic mass is 10.0. The second kappa shape index (κ2) is 4.40. The summed E-state index contributed by atoms with van der Waals surface area (Å²) >= 11 is 0. The second-order valence-corrected chi connectivity index (χ2v) is 5.50. The Labute approximate surface area is 104 Å². The number of rotatable bonds is 2. The van der Waals surface area contributed by atoms with Crippen LogP contribution in [0.15, 0.2) is 46.2 Å². The Morgan fingerprint density at radius 2 is 1.89 bits per heavy atom. The molecule has 3 N–H and O–H groups in total. The third kappa shape index (κ3) is 2.34. The number of nitrogens with two attached hydrogens (primary N) is 1. The first kappa shape index (κ1) is 12.5. The van der Waals surface area contributed by atoms with E-state index in [0.29, 0.717) is 11.1 Å². The van der Waals surface area contributed by atoms with Crippen LogP contribution in [-0.4, -0.2) is 13.4 Å². The van der Waals surface area contributed by atoms with Crippen LogP contribution >= 0.6 is 0 Å². The van der Waals surface area contributed by atoms with E-state index in [-0.39, 0.29) is 10.5 Å². The molecule has 0 aliphatic heterocycles. The van der Waals surface area contributed by atoms with Crippen molar-refractivity contribution in [1.82, 2.24) is 4.98 Å². The summed E-state index contributed by atoms with van der Waals surface area (Å²) in [5.41, 5.74) is 1.51. The van der Waals surface area contributed by atoms with Crippen molar-refractivity contribution in [2.24, 2.45) is 5.14 Å². The molecule has 94 valence electrons. The van der Waals surface area contributed by atoms with Gasteiger partial charge >= 0.3 is 0 Å². The van der Waals surface area contributed by atoms with Gasteiger partial charge in [-0.05, 0) is 42.3 Å². The Balaban J connectivity index is 2.73. The number of aromatic nitrogens is 1. The maximum Gasteiger partial charge on any atom is 0.255 e. The van der Waals surface area contributed by atoms with Gasteiger partial charge in [-0.15, -0.1) is 0 Å². The fourth-order valence-corrected chi connectivity index (χ4v) is 2.24. The van der Waals surface area contributed by atoms with Gasteiger partial charge in [0.2, 0.25) is 10.0 Å². The van der Waals surface area contributed by atoms with Crippen LogP contribution in [0.5, 0.6) is 0 Å². The Bertz CT molecular complexity index is 748. The third-order valence-electron chi connectivity index (χ3n) is 2.65. The zero-order chi connectivity index (χ0) is 13.3. The lowest BCUT2D eigenvalue weighted by Gasteiger charge is -2.07. The van der Waals surface area contributed by atoms with Crippen LogP contribution in [0.1, 0.15) is 5.56 Å². The average molecular weight is 264 g/mol. The molecule has 1 heterocycles. The fraction of sp³-hybridized carbons (Fsp3) is 0.0833. The number of primary sulfonamides is 1. The largest absolute Gasteiger partial charge is 0.329 e. The van der Waals surface area contributed by atoms with Crippen molar-refractivity contribution in [3.63, 3.8) is 0 Å². The van der Waals surface area contributed by atoms with Gasteiger partial charge in [-0.3, -0.25) is 4.79 Å². The van der Waals surface area contributed by atoms with E-state index in [9.17, 15) is 13.2 Å². The molecule has 0 amide bonds. The molecule has 1 aromatic heterocycles. The number of benzene rings is 1. The molecule has 5 nitrogen and oxygen atoms in total. The molecular weight excluding hydrogens is 252 g/mol. The number of sulfonamides is 1. The number of hydrogen-bond donors (Lipinski definition) is 2. The van der Waals surface area contributed by atoms with E-state index in [1.165, 1.54) is 18.3 Å². The van der Waals surface area contributed by atoms with Gasteiger partial charge in [0.1, 0.15) is 0 Å². The summed E-state index contributed by atoms with van der Waals surface area (Å²) in [5.74, 6) is 0. The fourth-order valence-electron chi connectivity index (χ4n) is 1.70. The maximum atomic E-state index is 11.7. The van der Waals surface area contributed by atoms with Gasteiger partial charge in [-0.2, -0.15) is 0 Å². The minimum atomic E-state index is -3.78. The van der Waals surface area contributed by atoms with Gasteiger partial charge in [-0.25, -0.2) is 13.6 Å². The standard InChI is InChI=1S/C12H12N2O3S/c1-8-4-5-9(18(13,16)17)7-11(8)10-3-2-6-14-12(10)15/h2-7H,1H3,(H,14,15)(H2,13,16,17). The first-order valence-corrected chi connectivity index (χ1v) is 6.76. The van der Waals surface area contributed by atoms with E-state index < -0.39 is 10.0 Å². The van der Waals surface area contributed by atoms with Gasteiger partial charge < -0.3 is 4.98 Å². The minimum Gasteiger partial charge on any atom is -0.329 e. The molecule has 2 rings (SSSR count). The summed E-state index contributed by atoms with van der Waals surface area (Å²) in [7, 11) is -3.78. The van der Waals surface area contributed by atoms with Crippen molar-refractivity contribution in [3.05, 3.63) is 52.4 Å². The van der Waals surface area contributed by atoms with Gasteiger partial charge in [0, 0.05) is 11.8 Å². The van der Waals surface area contributed by atoms with Gasteiger partial charge in [0.05, 0.1) is 4.90 Å². The third-order valence-corrected chi connectivity index (χ3v) is 3.56. The zero-order valence-electron chi connectivity index (χ0n) is 9.67. The zero-order valence-corrected chi connectivity index (χ0v) is 10.5. The van der Waals surface area contributed by atoms with Crippen molar-refractivity contribution in [2.75, 3.05) is 0 Å². The molecule has 0 aliphatic carbocycles. The summed E-state index contributed by atoms with van der Waals surface area (Å²) in [6.45, 7) is 1.80. The molecule has 0 unspecified atom stereocenters. The first-order chi connectivity index (χ1) is 8.39. The van der Waals surface area contributed by atoms with Crippen LogP contribution in [0.25, 0.3) is 11.1 Å². The summed E-state index contributed by atoms with van der Waals surface area (Å²) in [6.07, 6.45) is 1.52. The smallest absolute Gasteiger partial charge is 0.255 e. The van der Waals surface area contributed by atoms with Crippen LogP contribution in [0.3, 0.4) is 0 Å². The average Bonchev–Trinajstić information content (AvgIpc) is 2.29. The number of H-pyrrole nitrogens is 1. The van der Waals surface area contributed by atoms with Crippen molar-refractivity contribution in [3.8, 4) is 11.1 Å². The minimum absolute atomic E-state index is 0.00801. The Morgan fingerprint density at radius 3 is 2.50 bits per heavy atom. The Hall–Kier alpha value is -1.92. The topological polar surface area (TPSA) is 93.0 Å². The van der Waals surface area contributed by atoms with Crippen molar-refractivity contribution in [2.45, 2.75) is 11.8 Å². The Morgan fingerprint density at radius 1 is 1.17 bits per heavy atom. The van der Waals surface area contributed by atoms with Crippen molar-refractivity contribution < 1.29 is 8.42 Å². The molecule has 0 saturated heterocycles. The molecule has 0 radical (unpaired) electrons. The molecule has 0 fully saturated rings. The summed E-state index contributed by atoms with van der Waals surface area (Å²) in [4.78, 5) is 14.2. The van der Waals surface area contributed by atoms with Gasteiger partial charge in [0.15, 0.2) is 0 Å². The van der Waals surface area contributed by atoms with E-state index in [1.807, 2.05) is 0 Å². The monoisotopic (exact) mass is 264 g/mol. The van der Waals surface area contributed by atoms with Crippen LogP contribution in [0.2, 0.25) is 0 Å². The van der Waals surface area contributed by atoms with Gasteiger partial charge in [-0.1, -0.05) is 6.07 Å². The Kier molecular flexibility index (Phi) is 3.06. The van der Waals surface area contributed by atoms with Crippen LogP contribution in [0.4, 0.5) is 0 Å². The lowest BCUT2D eigenvalue weighted by Crippen LogP contribution is -2.13. The molecule has 0 saturated carbocycles. The summed E-state index contributed by atoms with van der Waals surface area (Å²) in [5, 5.41) is 5.08. The van der Waals surface area contributed by atoms with Crippen molar-refractivity contribution in [1.29, 1.82) is 0 Å². The summed E-state index contributed by atoms with van der Waals surface area (Å²) in [6, 6.07) is 7.77. The summed E-state index contributed by atoms with van der Waals surface area (Å²) < 4.78 is 22.6. The molecule has 18 heavy (non-hydrogen) atoms. The van der Waals surface area contributed by atoms with Gasteiger partial charge in [0.25, 0.3) is 5.56 Å². The highest BCUT2D eigenvalue weighted by atomic mass is 32.2. The first-order valence-electron chi connectivity index (χ1n) is 5.21. The predicted octanol–water partition coefficient (Wildman–Crippen LogP) is 0.998. The normalized spacial score (nSPS) is 11.4. The van der Waals surface area contributed by atoms with E-state index in [2.05, 4.69) is 4.98 Å². The van der Waals surface area contributed by atoms with E-state index in [0.717, 1.165) is 5.56 Å². The maximum absolute atomic E-state index is 11.7. The molecule has 0 bridgehead atoms. The van der Waals surface area contributed by atoms with E-state index in [4.69, 9.17) is 5.14 Å². The van der Waals surface area contributed by atoms with Crippen LogP contribution < -0.4 is 10.7 Å². The van der Waals surface area contributed by atoms with Crippen LogP contribution in [-0.2, 0) is 10.0 Å². The number of hydrogen-bond acceptors (Lipinski definition) is 3. The highest BCUT2D eigenvalue weighted by molar-refractivity contribution is 7.89. The molecule has 0 aliphatic rings. The number of nitrogens with one attached hydrogen (secondary N) is 1. The number of aryl methyl sites for hydroxylation is 1. The number of aromatic amines is 1. The molecule has 0 spiro atoms. The van der Waals surface area contributed by atoms with E-state index in [1.54, 1.807) is 25.1 Å². The highest BCUT2D eigenvalue weighted by Crippen LogP contribution is 2.23. The highest BCUT2D eigenvalue weighted by Gasteiger charge is 2.12. The molecular formula is C12H12N2O3S. The van der Waals surface area contributed by atoms with Crippen LogP contribution in [0, 0.1) is 6.92 Å². The molecule has 2 aromatic rings. The number of pyridine rings is 1. The predicted molar refractivity (Wildman–Crippen MR) is 68.6 cm³/mol. The molecule has 0 atom stereocenters. The quantitative estimate of drug-likeness (QED) is 0.847. The van der Waals surface area contributed by atoms with E-state index >= 15 is 0 Å². The molecule has 6 heteroatoms. The van der Waals surface area contributed by atoms with Crippen molar-refractivity contribution >= 4 is 10.0 Å². The molecule has 1 aromatic carbocycles. The second-order valence-electron chi connectivity index (χ2n) is 3.93. The SMILES string of the molecule is Cc1ccc(S(N)(=O)=O)cc1-c1ccc[nH]c1=O.